The van der Waals surface area contributed by atoms with Gasteiger partial charge in [0.1, 0.15) is 0 Å². The average Bonchev–Trinajstić information content (AvgIpc) is 3.53. The molecule has 0 amide bonds. The number of hydrogen-bond acceptors (Lipinski definition) is 2. The average molecular weight is 404 g/mol. The van der Waals surface area contributed by atoms with Gasteiger partial charge < -0.3 is 0 Å². The van der Waals surface area contributed by atoms with E-state index in [-0.39, 0.29) is 11.1 Å². The van der Waals surface area contributed by atoms with Crippen LogP contribution < -0.4 is 15.9 Å². The van der Waals surface area contributed by atoms with Crippen molar-refractivity contribution in [1.82, 2.24) is 0 Å². The molecule has 0 saturated heterocycles. The van der Waals surface area contributed by atoms with Crippen LogP contribution in [0.25, 0.3) is 0 Å². The van der Waals surface area contributed by atoms with E-state index in [9.17, 15) is 4.79 Å². The van der Waals surface area contributed by atoms with Crippen LogP contribution in [0.15, 0.2) is 91.0 Å². The van der Waals surface area contributed by atoms with Gasteiger partial charge in [-0.15, -0.1) is 0 Å². The molecule has 1 unspecified atom stereocenters. The van der Waals surface area contributed by atoms with Crippen molar-refractivity contribution in [3.63, 3.8) is 0 Å². The number of aldehydes is 1. The molecule has 1 fully saturated rings. The predicted molar refractivity (Wildman–Crippen MR) is 124 cm³/mol. The molecule has 1 saturated carbocycles. The van der Waals surface area contributed by atoms with Crippen molar-refractivity contribution < 1.29 is 9.53 Å². The van der Waals surface area contributed by atoms with Crippen LogP contribution in [0.4, 0.5) is 0 Å². The van der Waals surface area contributed by atoms with Crippen LogP contribution in [0.2, 0.25) is 0 Å². The van der Waals surface area contributed by atoms with Crippen molar-refractivity contribution in [3.8, 4) is 0 Å². The fraction of sp³-hybridized carbons (Fsp3) is 0.269. The molecule has 0 spiro atoms. The molecule has 3 aromatic carbocycles. The number of rotatable bonds is 8. The molecule has 3 heteroatoms. The van der Waals surface area contributed by atoms with E-state index < -0.39 is 6.60 Å². The number of carbonyl (C=O) groups excluding carboxylic acids is 1. The topological polar surface area (TPSA) is 26.3 Å². The summed E-state index contributed by atoms with van der Waals surface area (Å²) in [6.07, 6.45) is 3.91. The van der Waals surface area contributed by atoms with Crippen LogP contribution in [-0.4, -0.2) is 25.4 Å². The molecule has 3 aromatic rings. The summed E-state index contributed by atoms with van der Waals surface area (Å²) < 4.78 is 6.08. The molecule has 0 aromatic heterocycles. The second kappa shape index (κ2) is 7.52. The van der Waals surface area contributed by atoms with Crippen LogP contribution >= 0.6 is 6.60 Å². The molecule has 0 bridgehead atoms. The summed E-state index contributed by atoms with van der Waals surface area (Å²) in [5.74, 6) is 0. The van der Waals surface area contributed by atoms with Gasteiger partial charge in [0.25, 0.3) is 0 Å². The first kappa shape index (κ1) is 20.0. The first-order valence-electron chi connectivity index (χ1n) is 10.2. The molecule has 0 N–H and O–H groups in total. The second-order valence-corrected chi connectivity index (χ2v) is 13.7. The standard InChI is InChI=1S/C26H29O2P/c1-26(18-19-26)25(20-27)29(21-28-2,22-12-6-3-7-13-22,23-14-8-4-9-15-23)24-16-10-5-11-17-24/h3-17,20,25H,18-19,21H2,1-2H3. The van der Waals surface area contributed by atoms with Gasteiger partial charge in [-0.3, -0.25) is 0 Å². The molecule has 1 atom stereocenters. The van der Waals surface area contributed by atoms with Crippen LogP contribution in [0.3, 0.4) is 0 Å². The molecular formula is C26H29O2P. The third-order valence-corrected chi connectivity index (χ3v) is 14.1. The summed E-state index contributed by atoms with van der Waals surface area (Å²) in [5, 5.41) is 3.67. The van der Waals surface area contributed by atoms with Crippen molar-refractivity contribution in [2.45, 2.75) is 25.4 Å². The van der Waals surface area contributed by atoms with E-state index in [2.05, 4.69) is 79.7 Å². The molecule has 4 rings (SSSR count). The number of methoxy groups -OCH3 is 1. The predicted octanol–water partition coefficient (Wildman–Crippen LogP) is 4.49. The first-order chi connectivity index (χ1) is 14.1. The summed E-state index contributed by atoms with van der Waals surface area (Å²) in [5.41, 5.74) is -0.153. The molecular weight excluding hydrogens is 375 g/mol. The normalized spacial score (nSPS) is 17.7. The van der Waals surface area contributed by atoms with Crippen molar-refractivity contribution in [2.75, 3.05) is 13.5 Å². The zero-order valence-corrected chi connectivity index (χ0v) is 18.1. The molecule has 0 radical (unpaired) electrons. The SMILES string of the molecule is COCP(c1ccccc1)(c1ccccc1)(c1ccccc1)C(C=O)C1(C)CC1. The Kier molecular flexibility index (Phi) is 5.19. The number of hydrogen-bond donors (Lipinski definition) is 0. The summed E-state index contributed by atoms with van der Waals surface area (Å²) in [6, 6.07) is 31.9. The Hall–Kier alpha value is -2.28. The number of ether oxygens (including phenoxy) is 1. The van der Waals surface area contributed by atoms with Crippen LogP contribution in [-0.2, 0) is 9.53 Å². The van der Waals surface area contributed by atoms with Gasteiger partial charge in [-0.2, -0.15) is 0 Å². The van der Waals surface area contributed by atoms with Gasteiger partial charge in [0.2, 0.25) is 0 Å². The van der Waals surface area contributed by atoms with Crippen molar-refractivity contribution in [1.29, 1.82) is 0 Å². The van der Waals surface area contributed by atoms with Crippen LogP contribution in [0.1, 0.15) is 19.8 Å². The third-order valence-electron chi connectivity index (χ3n) is 6.93. The van der Waals surface area contributed by atoms with Gasteiger partial charge in [0.05, 0.1) is 0 Å². The van der Waals surface area contributed by atoms with Gasteiger partial charge in [-0.1, -0.05) is 0 Å². The minimum absolute atomic E-state index is 0.0143. The second-order valence-electron chi connectivity index (χ2n) is 8.54. The summed E-state index contributed by atoms with van der Waals surface area (Å²) in [6.45, 7) is -1.02. The minimum atomic E-state index is -3.29. The van der Waals surface area contributed by atoms with Crippen molar-refractivity contribution >= 4 is 28.8 Å². The van der Waals surface area contributed by atoms with E-state index in [4.69, 9.17) is 4.74 Å². The number of benzene rings is 3. The summed E-state index contributed by atoms with van der Waals surface area (Å²) in [4.78, 5) is 13.0. The van der Waals surface area contributed by atoms with E-state index in [1.807, 2.05) is 18.2 Å². The van der Waals surface area contributed by atoms with E-state index in [0.29, 0.717) is 6.35 Å². The Morgan fingerprint density at radius 1 is 0.828 bits per heavy atom. The summed E-state index contributed by atoms with van der Waals surface area (Å²) in [7, 11) is 1.77. The Morgan fingerprint density at radius 3 is 1.48 bits per heavy atom. The van der Waals surface area contributed by atoms with E-state index in [1.54, 1.807) is 7.11 Å². The fourth-order valence-corrected chi connectivity index (χ4v) is 12.8. The quantitative estimate of drug-likeness (QED) is 0.409. The fourth-order valence-electron chi connectivity index (χ4n) is 5.29. The van der Waals surface area contributed by atoms with Crippen molar-refractivity contribution in [2.24, 2.45) is 5.41 Å². The molecule has 1 aliphatic rings. The Bertz CT molecular complexity index is 866. The zero-order chi connectivity index (χ0) is 20.4. The molecule has 29 heavy (non-hydrogen) atoms. The maximum atomic E-state index is 13.0. The summed E-state index contributed by atoms with van der Waals surface area (Å²) >= 11 is 0. The van der Waals surface area contributed by atoms with E-state index >= 15 is 0 Å². The Labute approximate surface area is 173 Å². The first-order valence-corrected chi connectivity index (χ1v) is 12.7. The molecule has 0 heterocycles. The molecule has 150 valence electrons. The van der Waals surface area contributed by atoms with Gasteiger partial charge in [-0.05, 0) is 0 Å². The number of carbonyl (C=O) groups is 1. The maximum absolute atomic E-state index is 13.0. The zero-order valence-electron chi connectivity index (χ0n) is 17.2. The Balaban J connectivity index is 2.24. The van der Waals surface area contributed by atoms with Gasteiger partial charge in [0, 0.05) is 0 Å². The van der Waals surface area contributed by atoms with Crippen molar-refractivity contribution in [3.05, 3.63) is 91.0 Å². The van der Waals surface area contributed by atoms with Crippen LogP contribution in [0, 0.1) is 5.41 Å². The van der Waals surface area contributed by atoms with Crippen LogP contribution in [0.5, 0.6) is 0 Å². The molecule has 0 aliphatic heterocycles. The Morgan fingerprint density at radius 2 is 1.21 bits per heavy atom. The third kappa shape index (κ3) is 2.81. The monoisotopic (exact) mass is 404 g/mol. The molecule has 1 aliphatic carbocycles. The molecule has 2 nitrogen and oxygen atoms in total. The van der Waals surface area contributed by atoms with Gasteiger partial charge >= 0.3 is 174 Å². The van der Waals surface area contributed by atoms with Gasteiger partial charge in [0.15, 0.2) is 0 Å². The van der Waals surface area contributed by atoms with E-state index in [0.717, 1.165) is 12.8 Å². The van der Waals surface area contributed by atoms with Gasteiger partial charge in [-0.25, -0.2) is 0 Å². The van der Waals surface area contributed by atoms with E-state index in [1.165, 1.54) is 22.2 Å².